The van der Waals surface area contributed by atoms with Gasteiger partial charge in [0.2, 0.25) is 5.91 Å². The molecule has 29 heavy (non-hydrogen) atoms. The van der Waals surface area contributed by atoms with Gasteiger partial charge in [0.1, 0.15) is 0 Å². The molecule has 1 amide bonds. The first kappa shape index (κ1) is 21.4. The summed E-state index contributed by atoms with van der Waals surface area (Å²) >= 11 is 3.45. The molecule has 3 rings (SSSR count). The van der Waals surface area contributed by atoms with Gasteiger partial charge in [-0.05, 0) is 57.4 Å². The number of methoxy groups -OCH3 is 2. The van der Waals surface area contributed by atoms with Crippen molar-refractivity contribution in [1.82, 2.24) is 4.90 Å². The number of ether oxygens (including phenoxy) is 3. The van der Waals surface area contributed by atoms with Gasteiger partial charge in [-0.2, -0.15) is 0 Å². The summed E-state index contributed by atoms with van der Waals surface area (Å²) in [5, 5.41) is 2.88. The molecular formula is C22H25BrN2O4. The molecule has 2 aromatic rings. The SMILES string of the molecule is COc1cc(/C=C/C(=O)Nc2ccc(CN3CCOCC3)cc2)cc(Br)c1OC. The molecule has 7 heteroatoms. The van der Waals surface area contributed by atoms with E-state index in [0.717, 1.165) is 48.6 Å². The van der Waals surface area contributed by atoms with E-state index in [2.05, 4.69) is 26.1 Å². The number of rotatable bonds is 7. The Balaban J connectivity index is 1.58. The fourth-order valence-electron chi connectivity index (χ4n) is 3.10. The predicted octanol–water partition coefficient (Wildman–Crippen LogP) is 3.95. The lowest BCUT2D eigenvalue weighted by atomic mass is 10.1. The summed E-state index contributed by atoms with van der Waals surface area (Å²) in [5.41, 5.74) is 2.81. The van der Waals surface area contributed by atoms with Crippen molar-refractivity contribution in [1.29, 1.82) is 0 Å². The maximum absolute atomic E-state index is 12.3. The lowest BCUT2D eigenvalue weighted by molar-refractivity contribution is -0.111. The first-order valence-corrected chi connectivity index (χ1v) is 10.2. The van der Waals surface area contributed by atoms with Gasteiger partial charge in [-0.3, -0.25) is 9.69 Å². The third-order valence-electron chi connectivity index (χ3n) is 4.61. The highest BCUT2D eigenvalue weighted by molar-refractivity contribution is 9.10. The molecule has 2 aromatic carbocycles. The molecule has 0 spiro atoms. The van der Waals surface area contributed by atoms with Crippen LogP contribution in [0.3, 0.4) is 0 Å². The Hall–Kier alpha value is -2.35. The number of benzene rings is 2. The minimum atomic E-state index is -0.197. The number of carbonyl (C=O) groups excluding carboxylic acids is 1. The van der Waals surface area contributed by atoms with E-state index in [9.17, 15) is 4.79 Å². The van der Waals surface area contributed by atoms with Gasteiger partial charge in [0, 0.05) is 31.4 Å². The van der Waals surface area contributed by atoms with Gasteiger partial charge in [0.05, 0.1) is 31.9 Å². The Bertz CT molecular complexity index is 862. The van der Waals surface area contributed by atoms with Crippen LogP contribution in [0.15, 0.2) is 46.9 Å². The molecule has 1 aliphatic rings. The highest BCUT2D eigenvalue weighted by Gasteiger charge is 2.11. The van der Waals surface area contributed by atoms with Crippen LogP contribution in [0.5, 0.6) is 11.5 Å². The van der Waals surface area contributed by atoms with Crippen LogP contribution in [0.4, 0.5) is 5.69 Å². The van der Waals surface area contributed by atoms with Crippen molar-refractivity contribution in [2.45, 2.75) is 6.54 Å². The lowest BCUT2D eigenvalue weighted by Crippen LogP contribution is -2.35. The van der Waals surface area contributed by atoms with Crippen LogP contribution in [-0.4, -0.2) is 51.3 Å². The predicted molar refractivity (Wildman–Crippen MR) is 117 cm³/mol. The highest BCUT2D eigenvalue weighted by Crippen LogP contribution is 2.36. The molecule has 1 N–H and O–H groups in total. The number of hydrogen-bond donors (Lipinski definition) is 1. The van der Waals surface area contributed by atoms with Crippen molar-refractivity contribution < 1.29 is 19.0 Å². The second-order valence-corrected chi connectivity index (χ2v) is 7.50. The third kappa shape index (κ3) is 6.06. The van der Waals surface area contributed by atoms with E-state index in [1.807, 2.05) is 36.4 Å². The van der Waals surface area contributed by atoms with Gasteiger partial charge in [-0.1, -0.05) is 12.1 Å². The fraction of sp³-hybridized carbons (Fsp3) is 0.318. The molecule has 6 nitrogen and oxygen atoms in total. The summed E-state index contributed by atoms with van der Waals surface area (Å²) in [6.07, 6.45) is 3.23. The standard InChI is InChI=1S/C22H25BrN2O4/c1-27-20-14-17(13-19(23)22(20)28-2)5-8-21(26)24-18-6-3-16(4-7-18)15-25-9-11-29-12-10-25/h3-8,13-14H,9-12,15H2,1-2H3,(H,24,26)/b8-5+. The largest absolute Gasteiger partial charge is 0.493 e. The number of anilines is 1. The van der Waals surface area contributed by atoms with Crippen molar-refractivity contribution in [3.8, 4) is 11.5 Å². The molecule has 1 saturated heterocycles. The topological polar surface area (TPSA) is 60.0 Å². The van der Waals surface area contributed by atoms with E-state index in [-0.39, 0.29) is 5.91 Å². The number of morpholine rings is 1. The summed E-state index contributed by atoms with van der Waals surface area (Å²) in [6, 6.07) is 11.6. The van der Waals surface area contributed by atoms with Gasteiger partial charge in [-0.25, -0.2) is 0 Å². The maximum Gasteiger partial charge on any atom is 0.248 e. The van der Waals surface area contributed by atoms with E-state index in [4.69, 9.17) is 14.2 Å². The molecular weight excluding hydrogens is 436 g/mol. The zero-order chi connectivity index (χ0) is 20.6. The first-order chi connectivity index (χ1) is 14.1. The summed E-state index contributed by atoms with van der Waals surface area (Å²) < 4.78 is 16.8. The van der Waals surface area contributed by atoms with Crippen molar-refractivity contribution in [2.24, 2.45) is 0 Å². The Morgan fingerprint density at radius 2 is 1.90 bits per heavy atom. The average molecular weight is 461 g/mol. The van der Waals surface area contributed by atoms with Gasteiger partial charge in [0.15, 0.2) is 11.5 Å². The number of nitrogens with zero attached hydrogens (tertiary/aromatic N) is 1. The monoisotopic (exact) mass is 460 g/mol. The van der Waals surface area contributed by atoms with Gasteiger partial charge < -0.3 is 19.5 Å². The van der Waals surface area contributed by atoms with Crippen LogP contribution < -0.4 is 14.8 Å². The number of amides is 1. The molecule has 0 aliphatic carbocycles. The zero-order valence-electron chi connectivity index (χ0n) is 16.6. The van der Waals surface area contributed by atoms with Crippen LogP contribution in [-0.2, 0) is 16.1 Å². The summed E-state index contributed by atoms with van der Waals surface area (Å²) in [4.78, 5) is 14.6. The van der Waals surface area contributed by atoms with Crippen LogP contribution >= 0.6 is 15.9 Å². The number of hydrogen-bond acceptors (Lipinski definition) is 5. The van der Waals surface area contributed by atoms with Crippen molar-refractivity contribution >= 4 is 33.6 Å². The van der Waals surface area contributed by atoms with E-state index in [1.54, 1.807) is 20.3 Å². The molecule has 1 fully saturated rings. The van der Waals surface area contributed by atoms with E-state index >= 15 is 0 Å². The molecule has 1 heterocycles. The van der Waals surface area contributed by atoms with Crippen LogP contribution in [0.2, 0.25) is 0 Å². The lowest BCUT2D eigenvalue weighted by Gasteiger charge is -2.26. The smallest absolute Gasteiger partial charge is 0.248 e. The molecule has 154 valence electrons. The summed E-state index contributed by atoms with van der Waals surface area (Å²) in [6.45, 7) is 4.38. The van der Waals surface area contributed by atoms with Gasteiger partial charge in [0.25, 0.3) is 0 Å². The molecule has 0 atom stereocenters. The van der Waals surface area contributed by atoms with Crippen LogP contribution in [0.25, 0.3) is 6.08 Å². The molecule has 1 aliphatic heterocycles. The van der Waals surface area contributed by atoms with Gasteiger partial charge in [-0.15, -0.1) is 0 Å². The van der Waals surface area contributed by atoms with E-state index in [1.165, 1.54) is 11.6 Å². The Labute approximate surface area is 179 Å². The number of nitrogens with one attached hydrogen (secondary N) is 1. The minimum absolute atomic E-state index is 0.197. The Morgan fingerprint density at radius 3 is 2.55 bits per heavy atom. The zero-order valence-corrected chi connectivity index (χ0v) is 18.2. The quantitative estimate of drug-likeness (QED) is 0.633. The number of carbonyl (C=O) groups is 1. The second-order valence-electron chi connectivity index (χ2n) is 6.65. The fourth-order valence-corrected chi connectivity index (χ4v) is 3.72. The highest BCUT2D eigenvalue weighted by atomic mass is 79.9. The van der Waals surface area contributed by atoms with Crippen molar-refractivity contribution in [3.05, 3.63) is 58.1 Å². The summed E-state index contributed by atoms with van der Waals surface area (Å²) in [7, 11) is 3.16. The van der Waals surface area contributed by atoms with Gasteiger partial charge >= 0.3 is 0 Å². The molecule has 0 bridgehead atoms. The first-order valence-electron chi connectivity index (χ1n) is 9.38. The Kier molecular flexibility index (Phi) is 7.69. The van der Waals surface area contributed by atoms with Crippen molar-refractivity contribution in [2.75, 3.05) is 45.8 Å². The number of halogens is 1. The summed E-state index contributed by atoms with van der Waals surface area (Å²) in [5.74, 6) is 1.01. The van der Waals surface area contributed by atoms with E-state index < -0.39 is 0 Å². The van der Waals surface area contributed by atoms with Crippen LogP contribution in [0, 0.1) is 0 Å². The normalized spacial score (nSPS) is 14.7. The molecule has 0 radical (unpaired) electrons. The average Bonchev–Trinajstić information content (AvgIpc) is 2.74. The van der Waals surface area contributed by atoms with Crippen molar-refractivity contribution in [3.63, 3.8) is 0 Å². The minimum Gasteiger partial charge on any atom is -0.493 e. The Morgan fingerprint density at radius 1 is 1.17 bits per heavy atom. The second kappa shape index (κ2) is 10.4. The molecule has 0 saturated carbocycles. The molecule has 0 aromatic heterocycles. The molecule has 0 unspecified atom stereocenters. The maximum atomic E-state index is 12.3. The van der Waals surface area contributed by atoms with E-state index in [0.29, 0.717) is 11.5 Å². The van der Waals surface area contributed by atoms with Crippen LogP contribution in [0.1, 0.15) is 11.1 Å². The third-order valence-corrected chi connectivity index (χ3v) is 5.20.